The van der Waals surface area contributed by atoms with Crippen molar-refractivity contribution < 1.29 is 20.1 Å². The Bertz CT molecular complexity index is 473. The van der Waals surface area contributed by atoms with Crippen molar-refractivity contribution in [2.75, 3.05) is 0 Å². The summed E-state index contributed by atoms with van der Waals surface area (Å²) < 4.78 is 0. The highest BCUT2D eigenvalue weighted by atomic mass is 16.4. The fourth-order valence-corrected chi connectivity index (χ4v) is 1.40. The first-order valence-corrected chi connectivity index (χ1v) is 5.28. The fourth-order valence-electron chi connectivity index (χ4n) is 1.40. The number of aliphatic hydroxyl groups excluding tert-OH is 2. The lowest BCUT2D eigenvalue weighted by molar-refractivity contribution is -0.131. The summed E-state index contributed by atoms with van der Waals surface area (Å²) in [7, 11) is 0. The van der Waals surface area contributed by atoms with Crippen LogP contribution < -0.4 is 0 Å². The summed E-state index contributed by atoms with van der Waals surface area (Å²) in [5.74, 6) is -1.04. The van der Waals surface area contributed by atoms with Gasteiger partial charge in [0.1, 0.15) is 6.10 Å². The van der Waals surface area contributed by atoms with E-state index < -0.39 is 18.2 Å². The molecule has 0 aliphatic heterocycles. The number of rotatable bonds is 5. The van der Waals surface area contributed by atoms with Crippen LogP contribution in [0.2, 0.25) is 0 Å². The minimum absolute atomic E-state index is 0.151. The summed E-state index contributed by atoms with van der Waals surface area (Å²) in [5, 5.41) is 36.0. The molecule has 0 radical (unpaired) electrons. The molecule has 0 amide bonds. The zero-order chi connectivity index (χ0) is 13.5. The van der Waals surface area contributed by atoms with Crippen molar-refractivity contribution in [3.8, 4) is 6.07 Å². The third-order valence-corrected chi connectivity index (χ3v) is 2.36. The van der Waals surface area contributed by atoms with Crippen LogP contribution in [0.25, 0.3) is 6.08 Å². The summed E-state index contributed by atoms with van der Waals surface area (Å²) in [4.78, 5) is 10.3. The van der Waals surface area contributed by atoms with Gasteiger partial charge in [0.25, 0.3) is 0 Å². The van der Waals surface area contributed by atoms with Gasteiger partial charge in [-0.05, 0) is 17.2 Å². The smallest absolute Gasteiger partial charge is 0.328 e. The Kier molecular flexibility index (Phi) is 5.06. The molecule has 0 bridgehead atoms. The van der Waals surface area contributed by atoms with E-state index in [1.54, 1.807) is 30.3 Å². The Hall–Kier alpha value is -2.16. The van der Waals surface area contributed by atoms with E-state index in [-0.39, 0.29) is 6.42 Å². The zero-order valence-corrected chi connectivity index (χ0v) is 9.52. The second-order valence-corrected chi connectivity index (χ2v) is 3.71. The van der Waals surface area contributed by atoms with Gasteiger partial charge in [0.2, 0.25) is 0 Å². The maximum absolute atomic E-state index is 10.3. The molecule has 5 heteroatoms. The number of carboxylic acid groups (broad SMARTS) is 1. The number of aliphatic carboxylic acids is 1. The van der Waals surface area contributed by atoms with Gasteiger partial charge in [-0.1, -0.05) is 24.3 Å². The van der Waals surface area contributed by atoms with E-state index in [9.17, 15) is 15.0 Å². The van der Waals surface area contributed by atoms with Crippen LogP contribution in [-0.2, 0) is 4.79 Å². The number of nitriles is 1. The van der Waals surface area contributed by atoms with Crippen LogP contribution >= 0.6 is 0 Å². The largest absolute Gasteiger partial charge is 0.478 e. The average molecular weight is 247 g/mol. The number of hydrogen-bond acceptors (Lipinski definition) is 4. The molecule has 2 atom stereocenters. The van der Waals surface area contributed by atoms with Gasteiger partial charge in [-0.2, -0.15) is 5.26 Å². The monoisotopic (exact) mass is 247 g/mol. The predicted molar refractivity (Wildman–Crippen MR) is 64.3 cm³/mol. The molecule has 0 fully saturated rings. The van der Waals surface area contributed by atoms with Gasteiger partial charge >= 0.3 is 5.97 Å². The SMILES string of the molecule is N#CCC(O)C(O)c1ccc(/C=C/C(=O)O)cc1. The lowest BCUT2D eigenvalue weighted by atomic mass is 10.0. The Morgan fingerprint density at radius 2 is 1.94 bits per heavy atom. The van der Waals surface area contributed by atoms with Gasteiger partial charge in [-0.25, -0.2) is 4.79 Å². The quantitative estimate of drug-likeness (QED) is 0.676. The summed E-state index contributed by atoms with van der Waals surface area (Å²) in [5.41, 5.74) is 1.15. The minimum atomic E-state index is -1.13. The Balaban J connectivity index is 2.77. The summed E-state index contributed by atoms with van der Waals surface area (Å²) in [6.45, 7) is 0. The molecule has 94 valence electrons. The molecule has 1 aromatic carbocycles. The van der Waals surface area contributed by atoms with Crippen molar-refractivity contribution in [1.82, 2.24) is 0 Å². The third-order valence-electron chi connectivity index (χ3n) is 2.36. The van der Waals surface area contributed by atoms with Gasteiger partial charge in [-0.3, -0.25) is 0 Å². The zero-order valence-electron chi connectivity index (χ0n) is 9.52. The van der Waals surface area contributed by atoms with E-state index in [0.29, 0.717) is 11.1 Å². The number of hydrogen-bond donors (Lipinski definition) is 3. The first-order chi connectivity index (χ1) is 8.54. The Labute approximate surface area is 104 Å². The average Bonchev–Trinajstić information content (AvgIpc) is 2.36. The third kappa shape index (κ3) is 4.01. The van der Waals surface area contributed by atoms with Crippen LogP contribution in [0.1, 0.15) is 23.7 Å². The number of carboxylic acids is 1. The molecular formula is C13H13NO4. The van der Waals surface area contributed by atoms with E-state index in [1.165, 1.54) is 6.08 Å². The van der Waals surface area contributed by atoms with E-state index in [2.05, 4.69) is 0 Å². The number of aliphatic hydroxyl groups is 2. The van der Waals surface area contributed by atoms with Gasteiger partial charge in [-0.15, -0.1) is 0 Å². The molecule has 0 aromatic heterocycles. The molecule has 0 heterocycles. The number of benzene rings is 1. The molecule has 0 saturated carbocycles. The fraction of sp³-hybridized carbons (Fsp3) is 0.231. The number of nitrogens with zero attached hydrogens (tertiary/aromatic N) is 1. The van der Waals surface area contributed by atoms with Crippen LogP contribution in [0.3, 0.4) is 0 Å². The molecule has 0 aliphatic rings. The van der Waals surface area contributed by atoms with Crippen LogP contribution in [-0.4, -0.2) is 27.4 Å². The van der Waals surface area contributed by atoms with Gasteiger partial charge < -0.3 is 15.3 Å². The molecule has 1 rings (SSSR count). The van der Waals surface area contributed by atoms with Crippen LogP contribution in [0.5, 0.6) is 0 Å². The van der Waals surface area contributed by atoms with E-state index in [0.717, 1.165) is 6.08 Å². The van der Waals surface area contributed by atoms with E-state index in [1.807, 2.05) is 0 Å². The van der Waals surface area contributed by atoms with E-state index >= 15 is 0 Å². The maximum atomic E-state index is 10.3. The van der Waals surface area contributed by atoms with Gasteiger partial charge in [0, 0.05) is 6.08 Å². The molecule has 0 saturated heterocycles. The van der Waals surface area contributed by atoms with Crippen LogP contribution in [0.4, 0.5) is 0 Å². The molecule has 18 heavy (non-hydrogen) atoms. The molecule has 3 N–H and O–H groups in total. The maximum Gasteiger partial charge on any atom is 0.328 e. The van der Waals surface area contributed by atoms with Crippen molar-refractivity contribution >= 4 is 12.0 Å². The first kappa shape index (κ1) is 13.9. The second-order valence-electron chi connectivity index (χ2n) is 3.71. The minimum Gasteiger partial charge on any atom is -0.478 e. The van der Waals surface area contributed by atoms with Gasteiger partial charge in [0.15, 0.2) is 0 Å². The highest BCUT2D eigenvalue weighted by Gasteiger charge is 2.17. The van der Waals surface area contributed by atoms with Crippen molar-refractivity contribution in [2.45, 2.75) is 18.6 Å². The van der Waals surface area contributed by atoms with E-state index in [4.69, 9.17) is 10.4 Å². The highest BCUT2D eigenvalue weighted by molar-refractivity contribution is 5.85. The lowest BCUT2D eigenvalue weighted by Crippen LogP contribution is -2.17. The van der Waals surface area contributed by atoms with Crippen molar-refractivity contribution in [3.63, 3.8) is 0 Å². The van der Waals surface area contributed by atoms with Crippen LogP contribution in [0.15, 0.2) is 30.3 Å². The molecular weight excluding hydrogens is 234 g/mol. The predicted octanol–water partition coefficient (Wildman–Crippen LogP) is 1.09. The van der Waals surface area contributed by atoms with Crippen LogP contribution in [0, 0.1) is 11.3 Å². The first-order valence-electron chi connectivity index (χ1n) is 5.28. The van der Waals surface area contributed by atoms with Crippen molar-refractivity contribution in [3.05, 3.63) is 41.5 Å². The summed E-state index contributed by atoms with van der Waals surface area (Å²) in [6, 6.07) is 8.17. The summed E-state index contributed by atoms with van der Waals surface area (Å²) in [6.07, 6.45) is 0.0275. The standard InChI is InChI=1S/C13H13NO4/c14-8-7-11(15)13(18)10-4-1-9(2-5-10)3-6-12(16)17/h1-6,11,13,15,18H,7H2,(H,16,17)/b6-3+. The van der Waals surface area contributed by atoms with Gasteiger partial charge in [0.05, 0.1) is 18.6 Å². The topological polar surface area (TPSA) is 102 Å². The molecule has 1 aromatic rings. The van der Waals surface area contributed by atoms with Crippen molar-refractivity contribution in [1.29, 1.82) is 5.26 Å². The highest BCUT2D eigenvalue weighted by Crippen LogP contribution is 2.19. The molecule has 0 spiro atoms. The Morgan fingerprint density at radius 1 is 1.33 bits per heavy atom. The number of carbonyl (C=O) groups is 1. The second kappa shape index (κ2) is 6.55. The molecule has 5 nitrogen and oxygen atoms in total. The molecule has 0 aliphatic carbocycles. The normalized spacial score (nSPS) is 14.1. The Morgan fingerprint density at radius 3 is 2.44 bits per heavy atom. The lowest BCUT2D eigenvalue weighted by Gasteiger charge is -2.15. The summed E-state index contributed by atoms with van der Waals surface area (Å²) >= 11 is 0. The molecule has 2 unspecified atom stereocenters. The van der Waals surface area contributed by atoms with Crippen molar-refractivity contribution in [2.24, 2.45) is 0 Å².